The van der Waals surface area contributed by atoms with Crippen molar-refractivity contribution in [3.63, 3.8) is 0 Å². The summed E-state index contributed by atoms with van der Waals surface area (Å²) in [6.07, 6.45) is 0. The fourth-order valence-corrected chi connectivity index (χ4v) is 12.3. The Morgan fingerprint density at radius 3 is 1.19 bits per heavy atom. The zero-order chi connectivity index (χ0) is 39.8. The van der Waals surface area contributed by atoms with E-state index in [2.05, 4.69) is 184 Å². The predicted molar refractivity (Wildman–Crippen MR) is 248 cm³/mol. The van der Waals surface area contributed by atoms with Crippen LogP contribution in [0.4, 0.5) is 0 Å². The van der Waals surface area contributed by atoms with Gasteiger partial charge in [-0.25, -0.2) is 0 Å². The minimum atomic E-state index is -0.551. The van der Waals surface area contributed by atoms with Crippen LogP contribution in [0.2, 0.25) is 0 Å². The van der Waals surface area contributed by atoms with Gasteiger partial charge in [-0.15, -0.1) is 22.7 Å². The van der Waals surface area contributed by atoms with Gasteiger partial charge >= 0.3 is 0 Å². The van der Waals surface area contributed by atoms with Crippen molar-refractivity contribution in [1.82, 2.24) is 9.13 Å². The molecule has 4 nitrogen and oxygen atoms in total. The topological polar surface area (TPSA) is 57.4 Å². The summed E-state index contributed by atoms with van der Waals surface area (Å²) in [6, 6.07) is 49.0. The molecule has 0 aliphatic carbocycles. The summed E-state index contributed by atoms with van der Waals surface area (Å²) in [7, 11) is 0. The smallest absolute Gasteiger partial charge is 0.102 e. The molecule has 58 heavy (non-hydrogen) atoms. The van der Waals surface area contributed by atoms with Crippen LogP contribution in [0, 0.1) is 22.7 Å². The number of para-hydroxylation sites is 2. The second-order valence-corrected chi connectivity index (χ2v) is 19.6. The first-order chi connectivity index (χ1) is 28.0. The Morgan fingerprint density at radius 2 is 0.793 bits per heavy atom. The monoisotopic (exact) mass is 782 g/mol. The summed E-state index contributed by atoms with van der Waals surface area (Å²) in [5, 5.41) is 32.8. The van der Waals surface area contributed by atoms with Gasteiger partial charge < -0.3 is 9.13 Å². The van der Waals surface area contributed by atoms with Crippen LogP contribution in [0.1, 0.15) is 63.8 Å². The molecule has 278 valence electrons. The molecule has 0 amide bonds. The second kappa shape index (κ2) is 12.0. The summed E-state index contributed by atoms with van der Waals surface area (Å²) in [5.74, 6) is 0. The zero-order valence-corrected chi connectivity index (χ0v) is 34.8. The molecule has 11 aromatic rings. The lowest BCUT2D eigenvalue weighted by molar-refractivity contribution is 0.569. The molecule has 0 saturated heterocycles. The molecule has 0 radical (unpaired) electrons. The van der Waals surface area contributed by atoms with E-state index in [-0.39, 0.29) is 0 Å². The van der Waals surface area contributed by atoms with Crippen LogP contribution in [0.5, 0.6) is 0 Å². The minimum absolute atomic E-state index is 0.517. The van der Waals surface area contributed by atoms with Crippen LogP contribution in [-0.4, -0.2) is 9.13 Å². The van der Waals surface area contributed by atoms with Gasteiger partial charge in [-0.3, -0.25) is 0 Å². The van der Waals surface area contributed by atoms with Crippen molar-refractivity contribution in [2.45, 2.75) is 52.4 Å². The number of nitriles is 2. The minimum Gasteiger partial charge on any atom is -0.307 e. The van der Waals surface area contributed by atoms with Gasteiger partial charge in [0.1, 0.15) is 12.1 Å². The molecule has 0 atom stereocenters. The van der Waals surface area contributed by atoms with Crippen molar-refractivity contribution in [1.29, 1.82) is 10.5 Å². The molecule has 7 aromatic carbocycles. The molecular weight excluding hydrogens is 745 g/mol. The molecule has 0 unspecified atom stereocenters. The van der Waals surface area contributed by atoms with Gasteiger partial charge in [-0.05, 0) is 52.8 Å². The Bertz CT molecular complexity index is 3440. The van der Waals surface area contributed by atoms with Crippen molar-refractivity contribution in [2.24, 2.45) is 0 Å². The molecule has 11 rings (SSSR count). The third-order valence-electron chi connectivity index (χ3n) is 12.0. The van der Waals surface area contributed by atoms with Crippen LogP contribution in [-0.2, 0) is 10.8 Å². The molecular formula is C52H38N4S2. The molecule has 6 heteroatoms. The summed E-state index contributed by atoms with van der Waals surface area (Å²) in [6.45, 7) is 13.1. The number of hydrogen-bond acceptors (Lipinski definition) is 4. The summed E-state index contributed by atoms with van der Waals surface area (Å²) < 4.78 is 9.69. The maximum absolute atomic E-state index is 11.6. The highest BCUT2D eigenvalue weighted by Crippen LogP contribution is 2.51. The van der Waals surface area contributed by atoms with Crippen LogP contribution in [0.25, 0.3) is 95.3 Å². The third-order valence-corrected chi connectivity index (χ3v) is 14.4. The fraction of sp³-hybridized carbons (Fsp3) is 0.154. The van der Waals surface area contributed by atoms with Gasteiger partial charge in [0.15, 0.2) is 0 Å². The Labute approximate surface area is 344 Å². The molecule has 0 fully saturated rings. The lowest BCUT2D eigenvalue weighted by atomic mass is 9.74. The average molecular weight is 783 g/mol. The number of fused-ring (bicyclic) bond motifs is 14. The normalized spacial score (nSPS) is 12.6. The predicted octanol–water partition coefficient (Wildman–Crippen LogP) is 15.0. The lowest BCUT2D eigenvalue weighted by Crippen LogP contribution is -2.26. The van der Waals surface area contributed by atoms with E-state index in [0.29, 0.717) is 11.1 Å². The second-order valence-electron chi connectivity index (χ2n) is 17.5. The van der Waals surface area contributed by atoms with Crippen LogP contribution in [0.15, 0.2) is 121 Å². The fourth-order valence-electron chi connectivity index (χ4n) is 9.80. The first kappa shape index (κ1) is 34.8. The van der Waals surface area contributed by atoms with Gasteiger partial charge in [0.05, 0.1) is 44.6 Å². The van der Waals surface area contributed by atoms with Crippen LogP contribution in [0.3, 0.4) is 0 Å². The van der Waals surface area contributed by atoms with Gasteiger partial charge in [0.25, 0.3) is 0 Å². The molecule has 0 saturated carbocycles. The maximum atomic E-state index is 11.6. The van der Waals surface area contributed by atoms with Crippen molar-refractivity contribution in [3.8, 4) is 23.5 Å². The summed E-state index contributed by atoms with van der Waals surface area (Å²) in [4.78, 5) is 0. The Balaban J connectivity index is 1.40. The Kier molecular flexibility index (Phi) is 7.22. The van der Waals surface area contributed by atoms with E-state index in [4.69, 9.17) is 0 Å². The average Bonchev–Trinajstić information content (AvgIpc) is 3.96. The van der Waals surface area contributed by atoms with E-state index < -0.39 is 10.8 Å². The first-order valence-electron chi connectivity index (χ1n) is 19.7. The lowest BCUT2D eigenvalue weighted by Gasteiger charge is -2.34. The number of aromatic nitrogens is 2. The highest BCUT2D eigenvalue weighted by Gasteiger charge is 2.38. The Morgan fingerprint density at radius 1 is 0.414 bits per heavy atom. The summed E-state index contributed by atoms with van der Waals surface area (Å²) in [5.41, 5.74) is 7.60. The summed E-state index contributed by atoms with van der Waals surface area (Å²) >= 11 is 3.66. The highest BCUT2D eigenvalue weighted by atomic mass is 32.1. The number of nitrogens with zero attached hydrogens (tertiary/aromatic N) is 4. The van der Waals surface area contributed by atoms with E-state index >= 15 is 0 Å². The van der Waals surface area contributed by atoms with E-state index in [9.17, 15) is 10.5 Å². The number of benzene rings is 7. The van der Waals surface area contributed by atoms with E-state index in [1.165, 1.54) is 51.1 Å². The number of rotatable bonds is 2. The third kappa shape index (κ3) is 4.59. The van der Waals surface area contributed by atoms with E-state index in [0.717, 1.165) is 55.3 Å². The number of thiophene rings is 2. The number of hydrogen-bond donors (Lipinski definition) is 0. The van der Waals surface area contributed by atoms with Gasteiger partial charge in [-0.2, -0.15) is 10.5 Å². The SMILES string of the molecule is CC(C)(C)c1c(C#N)c(-n2c3ccccc3c3c4sc5ccccc5c4ccc32)c(C(C)(C)C)c(-n2c3ccccc3c3c4sc5ccccc5c4ccc32)c1C#N. The molecule has 0 N–H and O–H groups in total. The van der Waals surface area contributed by atoms with E-state index in [1.807, 2.05) is 22.7 Å². The van der Waals surface area contributed by atoms with Gasteiger partial charge in [0.2, 0.25) is 0 Å². The Hall–Kier alpha value is -6.44. The van der Waals surface area contributed by atoms with Gasteiger partial charge in [-0.1, -0.05) is 126 Å². The molecule has 0 spiro atoms. The van der Waals surface area contributed by atoms with Crippen molar-refractivity contribution in [2.75, 3.05) is 0 Å². The zero-order valence-electron chi connectivity index (χ0n) is 33.2. The van der Waals surface area contributed by atoms with Crippen LogP contribution < -0.4 is 0 Å². The largest absolute Gasteiger partial charge is 0.307 e. The van der Waals surface area contributed by atoms with Gasteiger partial charge in [0, 0.05) is 67.5 Å². The quantitative estimate of drug-likeness (QED) is 0.175. The molecule has 4 aromatic heterocycles. The molecule has 4 heterocycles. The van der Waals surface area contributed by atoms with Crippen molar-refractivity contribution < 1.29 is 0 Å². The van der Waals surface area contributed by atoms with Crippen molar-refractivity contribution >= 4 is 107 Å². The van der Waals surface area contributed by atoms with Crippen LogP contribution >= 0.6 is 22.7 Å². The standard InChI is InChI=1S/C52H38N4S2/c1-51(2,3)45-35(27-53)47(55-37-19-11-7-17-33(37)43-39(55)25-23-31-29-15-9-13-21-41(29)57-49(31)43)46(52(4,5)6)48(36(45)28-54)56-38-20-12-8-18-34(38)44-40(56)26-24-32-30-16-10-14-22-42(30)58-50(32)44/h7-26H,1-6H3. The molecule has 0 bridgehead atoms. The first-order valence-corrected chi connectivity index (χ1v) is 21.4. The van der Waals surface area contributed by atoms with E-state index in [1.54, 1.807) is 0 Å². The highest BCUT2D eigenvalue weighted by molar-refractivity contribution is 7.27. The molecule has 0 aliphatic heterocycles. The maximum Gasteiger partial charge on any atom is 0.102 e. The van der Waals surface area contributed by atoms with Crippen molar-refractivity contribution in [3.05, 3.63) is 144 Å². The molecule has 0 aliphatic rings.